The van der Waals surface area contributed by atoms with Crippen molar-refractivity contribution in [1.29, 1.82) is 0 Å². The molecule has 2 fully saturated rings. The third kappa shape index (κ3) is 2.47. The van der Waals surface area contributed by atoms with Gasteiger partial charge in [-0.05, 0) is 25.7 Å². The summed E-state index contributed by atoms with van der Waals surface area (Å²) in [6.07, 6.45) is -5.41. The normalized spacial score (nSPS) is 41.4. The van der Waals surface area contributed by atoms with Crippen LogP contribution in [-0.2, 0) is 9.53 Å². The number of aliphatic hydroxyl groups excluding tert-OH is 2. The minimum Gasteiger partial charge on any atom is -0.387 e. The van der Waals surface area contributed by atoms with Gasteiger partial charge < -0.3 is 25.0 Å². The van der Waals surface area contributed by atoms with Crippen LogP contribution >= 0.6 is 0 Å². The summed E-state index contributed by atoms with van der Waals surface area (Å²) in [4.78, 5) is 14.1. The van der Waals surface area contributed by atoms with Crippen molar-refractivity contribution in [2.45, 2.75) is 64.1 Å². The van der Waals surface area contributed by atoms with E-state index >= 15 is 0 Å². The molecule has 5 atom stereocenters. The third-order valence-corrected chi connectivity index (χ3v) is 5.11. The highest BCUT2D eigenvalue weighted by Crippen LogP contribution is 2.56. The van der Waals surface area contributed by atoms with E-state index in [1.165, 1.54) is 4.90 Å². The fourth-order valence-corrected chi connectivity index (χ4v) is 3.82. The molecule has 2 bridgehead atoms. The van der Waals surface area contributed by atoms with Crippen molar-refractivity contribution in [1.82, 2.24) is 4.90 Å². The van der Waals surface area contributed by atoms with Crippen molar-refractivity contribution in [2.24, 2.45) is 11.3 Å². The summed E-state index contributed by atoms with van der Waals surface area (Å²) < 4.78 is 34.2. The van der Waals surface area contributed by atoms with Crippen molar-refractivity contribution in [2.75, 3.05) is 13.1 Å². The number of carbonyl (C=O) groups excluding carboxylic acids is 1. The van der Waals surface area contributed by atoms with Crippen LogP contribution in [0.4, 0.5) is 8.78 Å². The Labute approximate surface area is 134 Å². The number of hydrogen-bond acceptors (Lipinski definition) is 5. The summed E-state index contributed by atoms with van der Waals surface area (Å²) in [5.74, 6) is -9.53. The van der Waals surface area contributed by atoms with E-state index in [0.29, 0.717) is 13.1 Å². The van der Waals surface area contributed by atoms with Crippen LogP contribution in [-0.4, -0.2) is 69.2 Å². The molecule has 2 aliphatic rings. The van der Waals surface area contributed by atoms with E-state index in [1.807, 2.05) is 0 Å². The Bertz CT molecular complexity index is 482. The molecule has 2 rings (SSSR count). The maximum Gasteiger partial charge on any atom is 0.329 e. The molecule has 3 N–H and O–H groups in total. The second-order valence-corrected chi connectivity index (χ2v) is 7.05. The lowest BCUT2D eigenvalue weighted by molar-refractivity contribution is -0.441. The third-order valence-electron chi connectivity index (χ3n) is 5.11. The number of aliphatic hydroxyl groups is 3. The van der Waals surface area contributed by atoms with Crippen LogP contribution in [0.3, 0.4) is 0 Å². The van der Waals surface area contributed by atoms with Crippen molar-refractivity contribution < 1.29 is 33.6 Å². The van der Waals surface area contributed by atoms with Crippen LogP contribution in [0.25, 0.3) is 0 Å². The summed E-state index contributed by atoms with van der Waals surface area (Å²) in [5, 5.41) is 30.2. The van der Waals surface area contributed by atoms with Gasteiger partial charge in [0, 0.05) is 13.1 Å². The Morgan fingerprint density at radius 1 is 1.26 bits per heavy atom. The molecule has 0 aromatic rings. The van der Waals surface area contributed by atoms with E-state index in [-0.39, 0.29) is 6.42 Å². The zero-order valence-electron chi connectivity index (χ0n) is 13.8. The molecular weight excluding hydrogens is 312 g/mol. The second-order valence-electron chi connectivity index (χ2n) is 7.05. The van der Waals surface area contributed by atoms with Gasteiger partial charge in [0.05, 0.1) is 6.10 Å². The van der Waals surface area contributed by atoms with Gasteiger partial charge in [-0.2, -0.15) is 8.78 Å². The fourth-order valence-electron chi connectivity index (χ4n) is 3.82. The van der Waals surface area contributed by atoms with Crippen molar-refractivity contribution >= 4 is 5.91 Å². The number of ether oxygens (including phenoxy) is 1. The molecule has 6 nitrogen and oxygen atoms in total. The van der Waals surface area contributed by atoms with Crippen LogP contribution in [0.5, 0.6) is 0 Å². The molecule has 1 amide bonds. The molecule has 0 aliphatic carbocycles. The molecule has 0 unspecified atom stereocenters. The van der Waals surface area contributed by atoms with Gasteiger partial charge in [0.25, 0.3) is 0 Å². The predicted molar refractivity (Wildman–Crippen MR) is 76.6 cm³/mol. The molecule has 2 heterocycles. The zero-order chi connectivity index (χ0) is 17.8. The fraction of sp³-hybridized carbons (Fsp3) is 0.933. The van der Waals surface area contributed by atoms with E-state index in [4.69, 9.17) is 4.74 Å². The summed E-state index contributed by atoms with van der Waals surface area (Å²) >= 11 is 0. The van der Waals surface area contributed by atoms with E-state index in [1.54, 1.807) is 27.7 Å². The monoisotopic (exact) mass is 337 g/mol. The van der Waals surface area contributed by atoms with Crippen LogP contribution in [0, 0.1) is 11.3 Å². The summed E-state index contributed by atoms with van der Waals surface area (Å²) in [7, 11) is 0. The minimum absolute atomic E-state index is 0.0707. The molecule has 2 saturated heterocycles. The van der Waals surface area contributed by atoms with Crippen LogP contribution in [0.1, 0.15) is 34.1 Å². The molecule has 134 valence electrons. The SMILES string of the molecule is CCN(CC)C(=O)[C@@H]1C(C)(C)C[C@H]2O[C@]1(O)C(F)(F)[C@H](O)[C@H]2O. The Morgan fingerprint density at radius 2 is 1.78 bits per heavy atom. The lowest BCUT2D eigenvalue weighted by Gasteiger charge is -2.58. The van der Waals surface area contributed by atoms with E-state index < -0.39 is 47.3 Å². The topological polar surface area (TPSA) is 90.2 Å². The molecule has 0 spiro atoms. The Kier molecular flexibility index (Phi) is 4.52. The van der Waals surface area contributed by atoms with Gasteiger partial charge in [0.2, 0.25) is 11.7 Å². The predicted octanol–water partition coefficient (Wildman–Crippen LogP) is 0.345. The number of alkyl halides is 2. The number of hydrogen-bond donors (Lipinski definition) is 3. The maximum absolute atomic E-state index is 14.6. The van der Waals surface area contributed by atoms with Crippen molar-refractivity contribution in [3.05, 3.63) is 0 Å². The number of halogens is 2. The van der Waals surface area contributed by atoms with Gasteiger partial charge in [-0.3, -0.25) is 4.79 Å². The Morgan fingerprint density at radius 3 is 2.26 bits per heavy atom. The van der Waals surface area contributed by atoms with Crippen LogP contribution in [0.15, 0.2) is 0 Å². The van der Waals surface area contributed by atoms with Crippen LogP contribution in [0.2, 0.25) is 0 Å². The van der Waals surface area contributed by atoms with E-state index in [2.05, 4.69) is 0 Å². The molecule has 0 saturated carbocycles. The molecule has 8 heteroatoms. The highest BCUT2D eigenvalue weighted by molar-refractivity contribution is 5.81. The van der Waals surface area contributed by atoms with Gasteiger partial charge in [-0.1, -0.05) is 13.8 Å². The van der Waals surface area contributed by atoms with Crippen molar-refractivity contribution in [3.63, 3.8) is 0 Å². The highest BCUT2D eigenvalue weighted by Gasteiger charge is 2.75. The van der Waals surface area contributed by atoms with Gasteiger partial charge >= 0.3 is 5.92 Å². The first-order valence-corrected chi connectivity index (χ1v) is 7.87. The molecule has 2 aliphatic heterocycles. The molecule has 23 heavy (non-hydrogen) atoms. The first-order chi connectivity index (χ1) is 10.4. The molecule has 0 aromatic carbocycles. The van der Waals surface area contributed by atoms with Gasteiger partial charge in [0.1, 0.15) is 12.0 Å². The second kappa shape index (κ2) is 5.61. The zero-order valence-corrected chi connectivity index (χ0v) is 13.8. The smallest absolute Gasteiger partial charge is 0.329 e. The quantitative estimate of drug-likeness (QED) is 0.691. The van der Waals surface area contributed by atoms with Gasteiger partial charge in [-0.25, -0.2) is 0 Å². The van der Waals surface area contributed by atoms with Crippen LogP contribution < -0.4 is 0 Å². The van der Waals surface area contributed by atoms with Gasteiger partial charge in [-0.15, -0.1) is 0 Å². The molecule has 0 radical (unpaired) electrons. The number of carbonyl (C=O) groups is 1. The standard InChI is InChI=1S/C15H25F2NO5/c1-5-18(6-2)12(21)10-13(3,4)7-8-9(19)11(20)14(16,17)15(10,22)23-8/h8-11,19-20,22H,5-7H2,1-4H3/t8-,9+,10-,11-,15+/m1/s1. The lowest BCUT2D eigenvalue weighted by Crippen LogP contribution is -2.77. The number of amides is 1. The average Bonchev–Trinajstić information content (AvgIpc) is 2.43. The van der Waals surface area contributed by atoms with E-state index in [0.717, 1.165) is 0 Å². The summed E-state index contributed by atoms with van der Waals surface area (Å²) in [6, 6.07) is 0. The lowest BCUT2D eigenvalue weighted by atomic mass is 9.62. The first-order valence-electron chi connectivity index (χ1n) is 7.87. The van der Waals surface area contributed by atoms with Crippen molar-refractivity contribution in [3.8, 4) is 0 Å². The highest BCUT2D eigenvalue weighted by atomic mass is 19.3. The molecule has 0 aromatic heterocycles. The number of fused-ring (bicyclic) bond motifs is 2. The molecular formula is C15H25F2NO5. The first kappa shape index (κ1) is 18.5. The number of rotatable bonds is 3. The maximum atomic E-state index is 14.6. The number of nitrogens with zero attached hydrogens (tertiary/aromatic N) is 1. The van der Waals surface area contributed by atoms with Gasteiger partial charge in [0.15, 0.2) is 6.10 Å². The Hall–Kier alpha value is -0.830. The Balaban J connectivity index is 2.54. The summed E-state index contributed by atoms with van der Waals surface area (Å²) in [5.41, 5.74) is -1.04. The van der Waals surface area contributed by atoms with E-state index in [9.17, 15) is 28.9 Å². The average molecular weight is 337 g/mol. The largest absolute Gasteiger partial charge is 0.387 e. The summed E-state index contributed by atoms with van der Waals surface area (Å²) in [6.45, 7) is 7.20. The minimum atomic E-state index is -4.17.